The highest BCUT2D eigenvalue weighted by molar-refractivity contribution is 6.32. The summed E-state index contributed by atoms with van der Waals surface area (Å²) in [5, 5.41) is 4.11. The Bertz CT molecular complexity index is 495. The zero-order valence-electron chi connectivity index (χ0n) is 12.3. The number of hydrogen-bond acceptors (Lipinski definition) is 3. The minimum atomic E-state index is 0.573. The summed E-state index contributed by atoms with van der Waals surface area (Å²) in [4.78, 5) is 0. The summed E-state index contributed by atoms with van der Waals surface area (Å²) in [5.74, 6) is 1.25. The lowest BCUT2D eigenvalue weighted by Gasteiger charge is -2.11. The predicted molar refractivity (Wildman–Crippen MR) is 83.8 cm³/mol. The summed E-state index contributed by atoms with van der Waals surface area (Å²) in [7, 11) is 3.22. The molecule has 1 aliphatic rings. The lowest BCUT2D eigenvalue weighted by molar-refractivity contribution is 0.355. The molecule has 0 bridgehead atoms. The number of nitrogens with one attached hydrogen (secondary N) is 1. The maximum atomic E-state index is 6.23. The third kappa shape index (κ3) is 3.90. The number of hydrogen-bond donors (Lipinski definition) is 1. The molecule has 3 nitrogen and oxygen atoms in total. The minimum Gasteiger partial charge on any atom is -0.493 e. The van der Waals surface area contributed by atoms with E-state index in [4.69, 9.17) is 21.1 Å². The summed E-state index contributed by atoms with van der Waals surface area (Å²) in [6, 6.07) is 4.59. The summed E-state index contributed by atoms with van der Waals surface area (Å²) < 4.78 is 10.6. The Morgan fingerprint density at radius 3 is 2.65 bits per heavy atom. The first kappa shape index (κ1) is 15.2. The Kier molecular flexibility index (Phi) is 5.32. The maximum absolute atomic E-state index is 6.23. The summed E-state index contributed by atoms with van der Waals surface area (Å²) in [6.45, 7) is 3.11. The molecule has 1 N–H and O–H groups in total. The van der Waals surface area contributed by atoms with Crippen molar-refractivity contribution in [2.24, 2.45) is 0 Å². The molecule has 110 valence electrons. The molecule has 0 atom stereocenters. The highest BCUT2D eigenvalue weighted by atomic mass is 35.5. The van der Waals surface area contributed by atoms with Gasteiger partial charge >= 0.3 is 0 Å². The van der Waals surface area contributed by atoms with Crippen molar-refractivity contribution < 1.29 is 9.47 Å². The second kappa shape index (κ2) is 7.00. The van der Waals surface area contributed by atoms with E-state index in [1.165, 1.54) is 18.4 Å². The van der Waals surface area contributed by atoms with Crippen LogP contribution in [0.5, 0.6) is 11.5 Å². The molecule has 1 aromatic rings. The van der Waals surface area contributed by atoms with Crippen molar-refractivity contribution in [1.82, 2.24) is 5.32 Å². The molecule has 1 aromatic carbocycles. The predicted octanol–water partition coefficient (Wildman–Crippen LogP) is 3.90. The van der Waals surface area contributed by atoms with Crippen LogP contribution in [-0.2, 0) is 0 Å². The quantitative estimate of drug-likeness (QED) is 0.827. The fourth-order valence-corrected chi connectivity index (χ4v) is 2.39. The van der Waals surface area contributed by atoms with Gasteiger partial charge in [0.15, 0.2) is 11.5 Å². The van der Waals surface area contributed by atoms with E-state index >= 15 is 0 Å². The van der Waals surface area contributed by atoms with E-state index in [2.05, 4.69) is 18.3 Å². The normalized spacial score (nSPS) is 15.3. The molecule has 0 aromatic heterocycles. The molecule has 0 saturated heterocycles. The Morgan fingerprint density at radius 1 is 1.35 bits per heavy atom. The average molecular weight is 296 g/mol. The largest absolute Gasteiger partial charge is 0.493 e. The van der Waals surface area contributed by atoms with E-state index in [0.717, 1.165) is 24.6 Å². The summed E-state index contributed by atoms with van der Waals surface area (Å²) in [6.07, 6.45) is 5.80. The molecule has 2 rings (SSSR count). The van der Waals surface area contributed by atoms with Crippen LogP contribution >= 0.6 is 11.6 Å². The van der Waals surface area contributed by atoms with Gasteiger partial charge in [-0.2, -0.15) is 0 Å². The first-order chi connectivity index (χ1) is 9.67. The van der Waals surface area contributed by atoms with E-state index in [0.29, 0.717) is 16.5 Å². The molecule has 0 aliphatic heterocycles. The molecular weight excluding hydrogens is 274 g/mol. The molecule has 4 heteroatoms. The molecule has 20 heavy (non-hydrogen) atoms. The topological polar surface area (TPSA) is 30.5 Å². The zero-order chi connectivity index (χ0) is 14.5. The smallest absolute Gasteiger partial charge is 0.179 e. The Labute approximate surface area is 125 Å². The summed E-state index contributed by atoms with van der Waals surface area (Å²) in [5.41, 5.74) is 2.40. The fraction of sp³-hybridized carbons (Fsp3) is 0.500. The van der Waals surface area contributed by atoms with Gasteiger partial charge in [-0.15, -0.1) is 0 Å². The Morgan fingerprint density at radius 2 is 2.10 bits per heavy atom. The van der Waals surface area contributed by atoms with E-state index in [9.17, 15) is 0 Å². The number of halogens is 1. The van der Waals surface area contributed by atoms with Crippen LogP contribution in [0.25, 0.3) is 6.08 Å². The van der Waals surface area contributed by atoms with E-state index in [1.807, 2.05) is 12.1 Å². The van der Waals surface area contributed by atoms with Gasteiger partial charge in [-0.25, -0.2) is 0 Å². The van der Waals surface area contributed by atoms with Gasteiger partial charge in [0.1, 0.15) is 0 Å². The number of ether oxygens (including phenoxy) is 2. The van der Waals surface area contributed by atoms with E-state index in [-0.39, 0.29) is 0 Å². The first-order valence-electron chi connectivity index (χ1n) is 7.02. The van der Waals surface area contributed by atoms with Crippen molar-refractivity contribution in [2.75, 3.05) is 20.8 Å². The van der Waals surface area contributed by atoms with Crippen LogP contribution in [-0.4, -0.2) is 26.8 Å². The van der Waals surface area contributed by atoms with Crippen molar-refractivity contribution in [2.45, 2.75) is 32.2 Å². The van der Waals surface area contributed by atoms with Crippen LogP contribution in [0.1, 0.15) is 31.7 Å². The fourth-order valence-electron chi connectivity index (χ4n) is 2.10. The standard InChI is InChI=1S/C16H22ClNO2/c1-4-11(10-18-13-5-6-13)7-12-8-14(17)16(20-3)15(9-12)19-2/h7-9,13,18H,4-6,10H2,1-3H3. The highest BCUT2D eigenvalue weighted by Crippen LogP contribution is 2.36. The van der Waals surface area contributed by atoms with Gasteiger partial charge < -0.3 is 14.8 Å². The van der Waals surface area contributed by atoms with E-state index < -0.39 is 0 Å². The van der Waals surface area contributed by atoms with Crippen molar-refractivity contribution in [3.8, 4) is 11.5 Å². The molecule has 0 amide bonds. The van der Waals surface area contributed by atoms with Crippen LogP contribution in [0, 0.1) is 0 Å². The summed E-state index contributed by atoms with van der Waals surface area (Å²) >= 11 is 6.23. The molecule has 0 unspecified atom stereocenters. The molecule has 0 spiro atoms. The van der Waals surface area contributed by atoms with Crippen LogP contribution < -0.4 is 14.8 Å². The molecular formula is C16H22ClNO2. The second-order valence-corrected chi connectivity index (χ2v) is 5.46. The molecule has 0 radical (unpaired) electrons. The lowest BCUT2D eigenvalue weighted by Crippen LogP contribution is -2.18. The van der Waals surface area contributed by atoms with Crippen molar-refractivity contribution in [3.63, 3.8) is 0 Å². The lowest BCUT2D eigenvalue weighted by atomic mass is 10.1. The first-order valence-corrected chi connectivity index (χ1v) is 7.40. The van der Waals surface area contributed by atoms with Gasteiger partial charge in [-0.05, 0) is 37.0 Å². The van der Waals surface area contributed by atoms with Crippen LogP contribution in [0.15, 0.2) is 17.7 Å². The zero-order valence-corrected chi connectivity index (χ0v) is 13.1. The van der Waals surface area contributed by atoms with Gasteiger partial charge in [0.25, 0.3) is 0 Å². The van der Waals surface area contributed by atoms with Gasteiger partial charge in [-0.3, -0.25) is 0 Å². The second-order valence-electron chi connectivity index (χ2n) is 5.05. The third-order valence-electron chi connectivity index (χ3n) is 3.48. The SMILES string of the molecule is CCC(=Cc1cc(Cl)c(OC)c(OC)c1)CNC1CC1. The highest BCUT2D eigenvalue weighted by Gasteiger charge is 2.20. The molecule has 1 aliphatic carbocycles. The Hall–Kier alpha value is -1.19. The molecule has 1 saturated carbocycles. The average Bonchev–Trinajstić information content (AvgIpc) is 3.26. The van der Waals surface area contributed by atoms with Crippen LogP contribution in [0.2, 0.25) is 5.02 Å². The van der Waals surface area contributed by atoms with Crippen molar-refractivity contribution >= 4 is 17.7 Å². The third-order valence-corrected chi connectivity index (χ3v) is 3.76. The number of benzene rings is 1. The van der Waals surface area contributed by atoms with Gasteiger partial charge in [0, 0.05) is 12.6 Å². The van der Waals surface area contributed by atoms with Crippen molar-refractivity contribution in [1.29, 1.82) is 0 Å². The monoisotopic (exact) mass is 295 g/mol. The maximum Gasteiger partial charge on any atom is 0.179 e. The van der Waals surface area contributed by atoms with Gasteiger partial charge in [0.05, 0.1) is 19.2 Å². The van der Waals surface area contributed by atoms with Gasteiger partial charge in [0.2, 0.25) is 0 Å². The number of rotatable bonds is 7. The van der Waals surface area contributed by atoms with Gasteiger partial charge in [-0.1, -0.05) is 30.2 Å². The number of methoxy groups -OCH3 is 2. The molecule has 0 heterocycles. The van der Waals surface area contributed by atoms with Crippen LogP contribution in [0.3, 0.4) is 0 Å². The molecule has 1 fully saturated rings. The Balaban J connectivity index is 2.19. The van der Waals surface area contributed by atoms with Crippen molar-refractivity contribution in [3.05, 3.63) is 28.3 Å². The van der Waals surface area contributed by atoms with Crippen LogP contribution in [0.4, 0.5) is 0 Å². The minimum absolute atomic E-state index is 0.573. The van der Waals surface area contributed by atoms with E-state index in [1.54, 1.807) is 14.2 Å².